The molecule has 0 aliphatic heterocycles. The Balaban J connectivity index is 1.70. The van der Waals surface area contributed by atoms with E-state index in [1.165, 1.54) is 0 Å². The fourth-order valence-corrected chi connectivity index (χ4v) is 7.89. The van der Waals surface area contributed by atoms with Gasteiger partial charge in [-0.15, -0.1) is 0 Å². The Bertz CT molecular complexity index is 497. The van der Waals surface area contributed by atoms with Gasteiger partial charge in [-0.3, -0.25) is 4.79 Å². The van der Waals surface area contributed by atoms with E-state index in [1.807, 2.05) is 0 Å². The van der Waals surface area contributed by atoms with E-state index in [4.69, 9.17) is 0 Å². The summed E-state index contributed by atoms with van der Waals surface area (Å²) in [5, 5.41) is 10.4. The van der Waals surface area contributed by atoms with Crippen LogP contribution in [-0.4, -0.2) is 27.5 Å². The fraction of sp³-hybridized carbons (Fsp3) is 0.944. The first-order chi connectivity index (χ1) is 10.4. The predicted molar refractivity (Wildman–Crippen MR) is 86.6 cm³/mol. The molecule has 22 heavy (non-hydrogen) atoms. The van der Waals surface area contributed by atoms with Gasteiger partial charge in [0.05, 0.1) is 10.4 Å². The quantitative estimate of drug-likeness (QED) is 0.652. The van der Waals surface area contributed by atoms with Gasteiger partial charge in [-0.1, -0.05) is 22.9 Å². The number of hydrogen-bond acceptors (Lipinski definition) is 2. The van der Waals surface area contributed by atoms with Crippen LogP contribution in [0.3, 0.4) is 0 Å². The molecule has 1 N–H and O–H groups in total. The van der Waals surface area contributed by atoms with Crippen LogP contribution in [0.2, 0.25) is 0 Å². The summed E-state index contributed by atoms with van der Waals surface area (Å²) in [7, 11) is 0. The van der Waals surface area contributed by atoms with Crippen LogP contribution < -0.4 is 0 Å². The Labute approximate surface area is 140 Å². The molecule has 4 rings (SSSR count). The number of fused-ring (bicyclic) bond motifs is 5. The van der Waals surface area contributed by atoms with Gasteiger partial charge in [0, 0.05) is 12.8 Å². The molecule has 124 valence electrons. The number of aliphatic hydroxyl groups excluding tert-OH is 1. The second-order valence-corrected chi connectivity index (χ2v) is 9.91. The van der Waals surface area contributed by atoms with E-state index in [1.54, 1.807) is 0 Å². The van der Waals surface area contributed by atoms with E-state index in [0.29, 0.717) is 48.7 Å². The average molecular weight is 372 g/mol. The normalized spacial score (nSPS) is 57.9. The zero-order valence-electron chi connectivity index (χ0n) is 13.2. The van der Waals surface area contributed by atoms with Crippen molar-refractivity contribution in [3.05, 3.63) is 0 Å². The third-order valence-corrected chi connectivity index (χ3v) is 9.40. The number of rotatable bonds is 0. The predicted octanol–water partition coefficient (Wildman–Crippen LogP) is 4.03. The Hall–Kier alpha value is 0.0400. The third-order valence-electron chi connectivity index (χ3n) is 7.72. The van der Waals surface area contributed by atoms with Crippen molar-refractivity contribution < 1.29 is 14.3 Å². The van der Waals surface area contributed by atoms with Gasteiger partial charge in [0.1, 0.15) is 12.0 Å². The molecule has 4 saturated carbocycles. The van der Waals surface area contributed by atoms with Crippen molar-refractivity contribution in [3.8, 4) is 0 Å². The molecule has 0 aromatic carbocycles. The molecule has 0 unspecified atom stereocenters. The first kappa shape index (κ1) is 15.6. The van der Waals surface area contributed by atoms with Crippen molar-refractivity contribution in [2.75, 3.05) is 0 Å². The van der Waals surface area contributed by atoms with E-state index in [9.17, 15) is 9.90 Å². The summed E-state index contributed by atoms with van der Waals surface area (Å²) in [5.74, 6) is 1.76. The Morgan fingerprint density at radius 2 is 1.86 bits per heavy atom. The number of hydrogen-bond donors (Lipinski definition) is 1. The number of ketones is 1. The zero-order chi connectivity index (χ0) is 15.7. The Morgan fingerprint density at radius 1 is 1.14 bits per heavy atom. The molecule has 4 fully saturated rings. The van der Waals surface area contributed by atoms with Crippen LogP contribution in [0, 0.1) is 29.1 Å². The van der Waals surface area contributed by atoms with Gasteiger partial charge < -0.3 is 5.11 Å². The van der Waals surface area contributed by atoms with Gasteiger partial charge in [0.2, 0.25) is 0 Å². The molecule has 0 saturated heterocycles. The van der Waals surface area contributed by atoms with Gasteiger partial charge in [0.25, 0.3) is 0 Å². The summed E-state index contributed by atoms with van der Waals surface area (Å²) in [6.45, 7) is 2.10. The SMILES string of the molecule is C[C@]12C[C@H]([18F])[C@]3(Br)[C@H]4CCC(=O)C[C@@H]4CC[C@H]3[C@@H]1CC[C@@H]2O. The van der Waals surface area contributed by atoms with E-state index in [-0.39, 0.29) is 11.5 Å². The highest BCUT2D eigenvalue weighted by Crippen LogP contribution is 2.67. The molecular weight excluding hydrogens is 346 g/mol. The highest BCUT2D eigenvalue weighted by molar-refractivity contribution is 9.10. The number of alkyl halides is 2. The summed E-state index contributed by atoms with van der Waals surface area (Å²) in [6.07, 6.45) is 5.25. The van der Waals surface area contributed by atoms with E-state index >= 15 is 4.39 Å². The molecule has 0 aromatic rings. The monoisotopic (exact) mass is 371 g/mol. The standard InChI is InChI=1S/C18H26BrFO2/c1-17-9-15(20)18(19)12-5-3-11(21)8-10(12)2-4-14(18)13(17)6-7-16(17)22/h10,12-16,22H,2-9H2,1H3/t10-,12-,13-,14-,15-,16-,17-,18-/m0/s1/i20-1. The van der Waals surface area contributed by atoms with Crippen molar-refractivity contribution in [3.63, 3.8) is 0 Å². The largest absolute Gasteiger partial charge is 0.393 e. The maximum Gasteiger partial charge on any atom is 0.133 e. The maximum absolute atomic E-state index is 15.4. The molecule has 0 amide bonds. The minimum Gasteiger partial charge on any atom is -0.393 e. The lowest BCUT2D eigenvalue weighted by molar-refractivity contribution is -0.130. The van der Waals surface area contributed by atoms with Crippen molar-refractivity contribution in [1.29, 1.82) is 0 Å². The lowest BCUT2D eigenvalue weighted by Gasteiger charge is -2.60. The van der Waals surface area contributed by atoms with Crippen LogP contribution in [0.25, 0.3) is 0 Å². The molecule has 8 atom stereocenters. The van der Waals surface area contributed by atoms with Crippen molar-refractivity contribution in [2.45, 2.75) is 74.9 Å². The fourth-order valence-electron chi connectivity index (χ4n) is 6.57. The topological polar surface area (TPSA) is 37.3 Å². The second kappa shape index (κ2) is 5.02. The Morgan fingerprint density at radius 3 is 2.64 bits per heavy atom. The van der Waals surface area contributed by atoms with Gasteiger partial charge in [-0.25, -0.2) is 4.39 Å². The van der Waals surface area contributed by atoms with E-state index < -0.39 is 10.5 Å². The number of Topliss-reactive ketones (excluding diaryl/α,β-unsaturated/α-hetero) is 1. The number of halogens is 2. The highest BCUT2D eigenvalue weighted by Gasteiger charge is 2.66. The van der Waals surface area contributed by atoms with Crippen LogP contribution in [0.5, 0.6) is 0 Å². The van der Waals surface area contributed by atoms with Crippen molar-refractivity contribution in [1.82, 2.24) is 0 Å². The average Bonchev–Trinajstić information content (AvgIpc) is 2.75. The summed E-state index contributed by atoms with van der Waals surface area (Å²) in [5.41, 5.74) is -0.251. The number of carbonyl (C=O) groups is 1. The lowest BCUT2D eigenvalue weighted by Crippen LogP contribution is -2.63. The summed E-state index contributed by atoms with van der Waals surface area (Å²) in [4.78, 5) is 11.8. The van der Waals surface area contributed by atoms with Crippen LogP contribution >= 0.6 is 15.9 Å². The molecule has 4 aliphatic carbocycles. The molecule has 0 aromatic heterocycles. The minimum absolute atomic E-state index is 0.251. The molecule has 4 heteroatoms. The zero-order valence-corrected chi connectivity index (χ0v) is 14.8. The van der Waals surface area contributed by atoms with Crippen molar-refractivity contribution in [2.24, 2.45) is 29.1 Å². The van der Waals surface area contributed by atoms with Crippen LogP contribution in [0.15, 0.2) is 0 Å². The molecular formula is C18H26BrFO2. The van der Waals surface area contributed by atoms with Gasteiger partial charge >= 0.3 is 0 Å². The van der Waals surface area contributed by atoms with Crippen molar-refractivity contribution >= 4 is 21.7 Å². The van der Waals surface area contributed by atoms with Crippen LogP contribution in [0.1, 0.15) is 58.3 Å². The summed E-state index contributed by atoms with van der Waals surface area (Å²) < 4.78 is 14.9. The highest BCUT2D eigenvalue weighted by atomic mass is 79.9. The first-order valence-electron chi connectivity index (χ1n) is 8.90. The number of carbonyl (C=O) groups excluding carboxylic acids is 1. The molecule has 0 heterocycles. The second-order valence-electron chi connectivity index (χ2n) is 8.54. The van der Waals surface area contributed by atoms with Crippen LogP contribution in [0.4, 0.5) is 4.39 Å². The maximum atomic E-state index is 15.4. The summed E-state index contributed by atoms with van der Waals surface area (Å²) in [6, 6.07) is 0. The van der Waals surface area contributed by atoms with Gasteiger partial charge in [0.15, 0.2) is 0 Å². The van der Waals surface area contributed by atoms with E-state index in [2.05, 4.69) is 22.9 Å². The van der Waals surface area contributed by atoms with Gasteiger partial charge in [-0.2, -0.15) is 0 Å². The lowest BCUT2D eigenvalue weighted by atomic mass is 9.49. The molecule has 0 radical (unpaired) electrons. The molecule has 2 nitrogen and oxygen atoms in total. The molecule has 4 aliphatic rings. The number of aliphatic hydroxyl groups is 1. The smallest absolute Gasteiger partial charge is 0.133 e. The molecule has 0 spiro atoms. The van der Waals surface area contributed by atoms with Gasteiger partial charge in [-0.05, 0) is 67.6 Å². The summed E-state index contributed by atoms with van der Waals surface area (Å²) >= 11 is 3.91. The third kappa shape index (κ3) is 1.89. The Kier molecular flexibility index (Phi) is 3.55. The van der Waals surface area contributed by atoms with Crippen LogP contribution in [-0.2, 0) is 4.79 Å². The molecule has 0 bridgehead atoms. The first-order valence-corrected chi connectivity index (χ1v) is 9.69. The van der Waals surface area contributed by atoms with E-state index in [0.717, 1.165) is 32.1 Å². The minimum atomic E-state index is -0.910.